The van der Waals surface area contributed by atoms with Crippen LogP contribution in [0.5, 0.6) is 0 Å². The van der Waals surface area contributed by atoms with Crippen LogP contribution in [0.1, 0.15) is 19.3 Å². The summed E-state index contributed by atoms with van der Waals surface area (Å²) in [5.41, 5.74) is 0. The third-order valence-electron chi connectivity index (χ3n) is 2.37. The first-order valence-electron chi connectivity index (χ1n) is 5.55. The number of unbranched alkanes of at least 4 members (excludes halogenated alkanes) is 2. The maximum atomic E-state index is 11.1. The van der Waals surface area contributed by atoms with Crippen molar-refractivity contribution in [1.82, 2.24) is 4.90 Å². The lowest BCUT2D eigenvalue weighted by Gasteiger charge is -2.23. The number of nitrogens with zero attached hydrogens (tertiary/aromatic N) is 2. The van der Waals surface area contributed by atoms with E-state index in [4.69, 9.17) is 0 Å². The molecule has 0 aliphatic heterocycles. The van der Waals surface area contributed by atoms with E-state index in [0.29, 0.717) is 0 Å². The number of quaternary nitrogens is 1. The Morgan fingerprint density at radius 1 is 1.27 bits per heavy atom. The van der Waals surface area contributed by atoms with Crippen molar-refractivity contribution in [3.63, 3.8) is 0 Å². The lowest BCUT2D eigenvalue weighted by atomic mass is 10.2. The minimum Gasteiger partial charge on any atom is -0.342 e. The topological polar surface area (TPSA) is 20.3 Å². The average molecular weight is 213 g/mol. The van der Waals surface area contributed by atoms with Crippen LogP contribution in [0.3, 0.4) is 0 Å². The summed E-state index contributed by atoms with van der Waals surface area (Å²) in [7, 11) is 8.43. The standard InChI is InChI=1S/C12H25N2O/c1-6-12(15)13(2)10-8-7-9-11-14(3,4)5/h6H,1,7-11H2,2-5H3/q+1. The molecule has 3 nitrogen and oxygen atoms in total. The number of carbonyl (C=O) groups excluding carboxylic acids is 1. The zero-order valence-corrected chi connectivity index (χ0v) is 10.6. The largest absolute Gasteiger partial charge is 0.342 e. The first-order chi connectivity index (χ1) is 6.87. The molecule has 0 saturated carbocycles. The van der Waals surface area contributed by atoms with Crippen molar-refractivity contribution in [2.24, 2.45) is 0 Å². The van der Waals surface area contributed by atoms with Gasteiger partial charge in [0.15, 0.2) is 0 Å². The van der Waals surface area contributed by atoms with Crippen molar-refractivity contribution < 1.29 is 9.28 Å². The molecular formula is C12H25N2O+. The Morgan fingerprint density at radius 2 is 1.87 bits per heavy atom. The van der Waals surface area contributed by atoms with Crippen molar-refractivity contribution >= 4 is 5.91 Å². The fourth-order valence-corrected chi connectivity index (χ4v) is 1.38. The predicted octanol–water partition coefficient (Wildman–Crippen LogP) is 1.51. The van der Waals surface area contributed by atoms with Crippen molar-refractivity contribution in [2.45, 2.75) is 19.3 Å². The Labute approximate surface area is 94.0 Å². The maximum Gasteiger partial charge on any atom is 0.245 e. The molecule has 0 aromatic rings. The second-order valence-electron chi connectivity index (χ2n) is 5.04. The van der Waals surface area contributed by atoms with Gasteiger partial charge in [0, 0.05) is 13.6 Å². The molecule has 0 N–H and O–H groups in total. The molecule has 15 heavy (non-hydrogen) atoms. The first kappa shape index (κ1) is 14.2. The van der Waals surface area contributed by atoms with E-state index in [0.717, 1.165) is 17.4 Å². The van der Waals surface area contributed by atoms with Gasteiger partial charge >= 0.3 is 0 Å². The highest BCUT2D eigenvalue weighted by molar-refractivity contribution is 5.86. The van der Waals surface area contributed by atoms with Crippen molar-refractivity contribution in [3.05, 3.63) is 12.7 Å². The Bertz CT molecular complexity index is 206. The smallest absolute Gasteiger partial charge is 0.245 e. The van der Waals surface area contributed by atoms with Crippen LogP contribution in [0, 0.1) is 0 Å². The van der Waals surface area contributed by atoms with Crippen LogP contribution in [0.25, 0.3) is 0 Å². The summed E-state index contributed by atoms with van der Waals surface area (Å²) in [6.45, 7) is 5.49. The zero-order chi connectivity index (χ0) is 11.9. The molecule has 0 fully saturated rings. The molecule has 0 aliphatic rings. The number of amides is 1. The van der Waals surface area contributed by atoms with Gasteiger partial charge in [0.25, 0.3) is 0 Å². The first-order valence-corrected chi connectivity index (χ1v) is 5.55. The molecule has 88 valence electrons. The van der Waals surface area contributed by atoms with Gasteiger partial charge in [0.05, 0.1) is 27.7 Å². The number of likely N-dealkylation sites (N-methyl/N-ethyl adjacent to an activating group) is 1. The SMILES string of the molecule is C=CC(=O)N(C)CCCCC[N+](C)(C)C. The van der Waals surface area contributed by atoms with Gasteiger partial charge in [-0.3, -0.25) is 4.79 Å². The van der Waals surface area contributed by atoms with Gasteiger partial charge in [-0.05, 0) is 25.3 Å². The Morgan fingerprint density at radius 3 is 2.33 bits per heavy atom. The van der Waals surface area contributed by atoms with Crippen molar-refractivity contribution in [3.8, 4) is 0 Å². The van der Waals surface area contributed by atoms with E-state index in [-0.39, 0.29) is 5.91 Å². The van der Waals surface area contributed by atoms with Crippen LogP contribution in [0.15, 0.2) is 12.7 Å². The molecule has 1 amide bonds. The maximum absolute atomic E-state index is 11.1. The number of carbonyl (C=O) groups is 1. The minimum absolute atomic E-state index is 0.0154. The average Bonchev–Trinajstić information content (AvgIpc) is 2.14. The predicted molar refractivity (Wildman–Crippen MR) is 64.6 cm³/mol. The second kappa shape index (κ2) is 6.62. The quantitative estimate of drug-likeness (QED) is 0.356. The lowest BCUT2D eigenvalue weighted by Crippen LogP contribution is -2.35. The van der Waals surface area contributed by atoms with Gasteiger partial charge < -0.3 is 9.38 Å². The summed E-state index contributed by atoms with van der Waals surface area (Å²) in [6.07, 6.45) is 4.85. The van der Waals surface area contributed by atoms with Gasteiger partial charge in [-0.1, -0.05) is 6.58 Å². The van der Waals surface area contributed by atoms with E-state index in [9.17, 15) is 4.79 Å². The molecule has 0 aromatic heterocycles. The molecule has 0 unspecified atom stereocenters. The van der Waals surface area contributed by atoms with Crippen LogP contribution in [0.4, 0.5) is 0 Å². The molecule has 0 aliphatic carbocycles. The molecule has 0 radical (unpaired) electrons. The summed E-state index contributed by atoms with van der Waals surface area (Å²) < 4.78 is 1.02. The molecule has 0 saturated heterocycles. The van der Waals surface area contributed by atoms with Gasteiger partial charge in [0.2, 0.25) is 5.91 Å². The number of hydrogen-bond donors (Lipinski definition) is 0. The fraction of sp³-hybridized carbons (Fsp3) is 0.750. The summed E-state index contributed by atoms with van der Waals surface area (Å²) in [5, 5.41) is 0. The van der Waals surface area contributed by atoms with E-state index in [1.54, 1.807) is 4.90 Å². The molecule has 3 heteroatoms. The van der Waals surface area contributed by atoms with E-state index in [1.807, 2.05) is 7.05 Å². The summed E-state index contributed by atoms with van der Waals surface area (Å²) in [4.78, 5) is 12.9. The molecule has 0 heterocycles. The van der Waals surface area contributed by atoms with Crippen LogP contribution < -0.4 is 0 Å². The van der Waals surface area contributed by atoms with E-state index < -0.39 is 0 Å². The molecule has 0 rings (SSSR count). The monoisotopic (exact) mass is 213 g/mol. The summed E-state index contributed by atoms with van der Waals surface area (Å²) in [6, 6.07) is 0. The highest BCUT2D eigenvalue weighted by atomic mass is 16.2. The van der Waals surface area contributed by atoms with Crippen LogP contribution in [-0.4, -0.2) is 56.6 Å². The Hall–Kier alpha value is -0.830. The Balaban J connectivity index is 3.47. The minimum atomic E-state index is 0.0154. The van der Waals surface area contributed by atoms with Crippen LogP contribution in [-0.2, 0) is 4.79 Å². The molecule has 0 aromatic carbocycles. The molecule has 0 spiro atoms. The molecular weight excluding hydrogens is 188 g/mol. The van der Waals surface area contributed by atoms with Crippen molar-refractivity contribution in [2.75, 3.05) is 41.3 Å². The third-order valence-corrected chi connectivity index (χ3v) is 2.37. The van der Waals surface area contributed by atoms with Gasteiger partial charge in [-0.15, -0.1) is 0 Å². The van der Waals surface area contributed by atoms with E-state index >= 15 is 0 Å². The Kier molecular flexibility index (Phi) is 6.25. The van der Waals surface area contributed by atoms with Crippen molar-refractivity contribution in [1.29, 1.82) is 0 Å². The lowest BCUT2D eigenvalue weighted by molar-refractivity contribution is -0.870. The summed E-state index contributed by atoms with van der Waals surface area (Å²) >= 11 is 0. The molecule has 0 atom stereocenters. The van der Waals surface area contributed by atoms with Gasteiger partial charge in [0.1, 0.15) is 0 Å². The van der Waals surface area contributed by atoms with E-state index in [1.165, 1.54) is 25.5 Å². The normalized spacial score (nSPS) is 11.2. The number of hydrogen-bond acceptors (Lipinski definition) is 1. The highest BCUT2D eigenvalue weighted by Gasteiger charge is 2.06. The zero-order valence-electron chi connectivity index (χ0n) is 10.6. The summed E-state index contributed by atoms with van der Waals surface area (Å²) in [5.74, 6) is 0.0154. The van der Waals surface area contributed by atoms with E-state index in [2.05, 4.69) is 27.7 Å². The van der Waals surface area contributed by atoms with Crippen LogP contribution in [0.2, 0.25) is 0 Å². The number of rotatable bonds is 7. The second-order valence-corrected chi connectivity index (χ2v) is 5.04. The molecule has 0 bridgehead atoms. The van der Waals surface area contributed by atoms with Gasteiger partial charge in [-0.25, -0.2) is 0 Å². The van der Waals surface area contributed by atoms with Crippen LogP contribution >= 0.6 is 0 Å². The highest BCUT2D eigenvalue weighted by Crippen LogP contribution is 2.01. The fourth-order valence-electron chi connectivity index (χ4n) is 1.38. The third kappa shape index (κ3) is 8.18. The van der Waals surface area contributed by atoms with Gasteiger partial charge in [-0.2, -0.15) is 0 Å².